The minimum absolute atomic E-state index is 0.153. The normalized spacial score (nSPS) is 13.8. The number of anilines is 2. The van der Waals surface area contributed by atoms with E-state index < -0.39 is 17.5 Å². The van der Waals surface area contributed by atoms with Gasteiger partial charge in [-0.15, -0.1) is 10.1 Å². The molecule has 1 aliphatic rings. The zero-order valence-electron chi connectivity index (χ0n) is 16.8. The first-order valence-corrected chi connectivity index (χ1v) is 10.1. The van der Waals surface area contributed by atoms with Crippen molar-refractivity contribution in [3.63, 3.8) is 0 Å². The number of benzene rings is 2. The topological polar surface area (TPSA) is 142 Å². The number of nitrogens with one attached hydrogen (secondary N) is 1. The lowest BCUT2D eigenvalue weighted by atomic mass is 10.2. The third-order valence-electron chi connectivity index (χ3n) is 4.32. The van der Waals surface area contributed by atoms with Crippen molar-refractivity contribution < 1.29 is 24.2 Å². The number of aliphatic imine (C=N–C) groups is 1. The maximum absolute atomic E-state index is 12.2. The molecule has 170 valence electrons. The average Bonchev–Trinajstić information content (AvgIpc) is 3.18. The zero-order valence-corrected chi connectivity index (χ0v) is 18.3. The fourth-order valence-corrected chi connectivity index (χ4v) is 3.50. The number of carbonyl (C=O) groups excluding carboxylic acids is 1. The van der Waals surface area contributed by atoms with Crippen molar-refractivity contribution in [2.75, 3.05) is 24.1 Å². The number of guanidine groups is 1. The van der Waals surface area contributed by atoms with Crippen LogP contribution in [-0.2, 0) is 16.2 Å². The van der Waals surface area contributed by atoms with Crippen LogP contribution in [0.5, 0.6) is 5.75 Å². The monoisotopic (exact) mass is 483 g/mol. The molecule has 0 radical (unpaired) electrons. The van der Waals surface area contributed by atoms with E-state index in [1.54, 1.807) is 36.1 Å². The van der Waals surface area contributed by atoms with E-state index in [4.69, 9.17) is 38.4 Å². The summed E-state index contributed by atoms with van der Waals surface area (Å²) < 4.78 is 10.5. The van der Waals surface area contributed by atoms with Crippen LogP contribution in [-0.4, -0.2) is 41.4 Å². The van der Waals surface area contributed by atoms with Crippen LogP contribution in [0.2, 0.25) is 10.0 Å². The van der Waals surface area contributed by atoms with Crippen LogP contribution in [0, 0.1) is 10.1 Å². The van der Waals surface area contributed by atoms with Gasteiger partial charge in [0.15, 0.2) is 6.23 Å². The van der Waals surface area contributed by atoms with E-state index in [1.807, 2.05) is 0 Å². The summed E-state index contributed by atoms with van der Waals surface area (Å²) in [5, 5.41) is 13.1. The Bertz CT molecular complexity index is 1030. The molecule has 0 aromatic heterocycles. The predicted octanol–water partition coefficient (Wildman–Crippen LogP) is 3.93. The predicted molar refractivity (Wildman–Crippen MR) is 118 cm³/mol. The number of rotatable bonds is 7. The van der Waals surface area contributed by atoms with Gasteiger partial charge in [-0.3, -0.25) is 4.99 Å². The number of nitrogen functional groups attached to an aromatic ring is 1. The van der Waals surface area contributed by atoms with Gasteiger partial charge in [0.1, 0.15) is 12.4 Å². The number of carbonyl (C=O) groups is 1. The molecule has 0 fully saturated rings. The standard InChI is InChI=1S/C19H19Cl2N5O6/c1-11(31-19(27)32-14-4-2-3-12(7-14)10-30-26(28)29)25-6-5-23-18(25)24-17-15(20)8-13(22)9-16(17)21/h2-4,7-9,11H,5-6,10,22H2,1H3,(H,23,24). The van der Waals surface area contributed by atoms with Crippen molar-refractivity contribution in [2.45, 2.75) is 19.8 Å². The van der Waals surface area contributed by atoms with Gasteiger partial charge in [0.2, 0.25) is 5.96 Å². The van der Waals surface area contributed by atoms with Crippen molar-refractivity contribution in [3.8, 4) is 5.75 Å². The highest BCUT2D eigenvalue weighted by atomic mass is 35.5. The maximum Gasteiger partial charge on any atom is 0.515 e. The second kappa shape index (κ2) is 10.2. The fraction of sp³-hybridized carbons (Fsp3) is 0.263. The SMILES string of the molecule is CC(OC(=O)Oc1cccc(CO[N+](=O)[O-])c1)N1CCN=C1Nc1c(Cl)cc(N)cc1Cl. The van der Waals surface area contributed by atoms with Crippen LogP contribution in [0.15, 0.2) is 41.4 Å². The minimum atomic E-state index is -0.959. The summed E-state index contributed by atoms with van der Waals surface area (Å²) in [5.74, 6) is 0.568. The molecule has 1 unspecified atom stereocenters. The van der Waals surface area contributed by atoms with Gasteiger partial charge in [0.25, 0.3) is 5.09 Å². The van der Waals surface area contributed by atoms with Gasteiger partial charge in [0, 0.05) is 12.2 Å². The molecule has 1 atom stereocenters. The van der Waals surface area contributed by atoms with E-state index in [9.17, 15) is 14.9 Å². The number of nitrogens with two attached hydrogens (primary N) is 1. The van der Waals surface area contributed by atoms with Crippen LogP contribution in [0.1, 0.15) is 12.5 Å². The van der Waals surface area contributed by atoms with Crippen molar-refractivity contribution in [2.24, 2.45) is 4.99 Å². The van der Waals surface area contributed by atoms with E-state index in [0.717, 1.165) is 0 Å². The first-order valence-electron chi connectivity index (χ1n) is 9.30. The molecule has 0 bridgehead atoms. The van der Waals surface area contributed by atoms with Gasteiger partial charge in [-0.1, -0.05) is 35.3 Å². The van der Waals surface area contributed by atoms with Gasteiger partial charge >= 0.3 is 6.16 Å². The molecule has 13 heteroatoms. The molecule has 2 aromatic carbocycles. The highest BCUT2D eigenvalue weighted by molar-refractivity contribution is 6.40. The van der Waals surface area contributed by atoms with Gasteiger partial charge in [-0.25, -0.2) is 4.79 Å². The molecule has 2 aromatic rings. The third kappa shape index (κ3) is 6.05. The molecule has 11 nitrogen and oxygen atoms in total. The van der Waals surface area contributed by atoms with E-state index in [-0.39, 0.29) is 12.4 Å². The first-order chi connectivity index (χ1) is 15.2. The van der Waals surface area contributed by atoms with Crippen LogP contribution in [0.4, 0.5) is 16.2 Å². The fourth-order valence-electron chi connectivity index (χ4n) is 2.90. The van der Waals surface area contributed by atoms with Crippen molar-refractivity contribution >= 4 is 46.7 Å². The zero-order chi connectivity index (χ0) is 23.3. The second-order valence-electron chi connectivity index (χ2n) is 6.60. The Labute approximate surface area is 192 Å². The summed E-state index contributed by atoms with van der Waals surface area (Å²) in [6.07, 6.45) is -1.69. The van der Waals surface area contributed by atoms with Crippen molar-refractivity contribution in [1.29, 1.82) is 0 Å². The Morgan fingerprint density at radius 2 is 2.06 bits per heavy atom. The lowest BCUT2D eigenvalue weighted by Crippen LogP contribution is -2.42. The van der Waals surface area contributed by atoms with Crippen LogP contribution < -0.4 is 15.8 Å². The number of hydrogen-bond donors (Lipinski definition) is 2. The van der Waals surface area contributed by atoms with Crippen molar-refractivity contribution in [3.05, 3.63) is 62.1 Å². The summed E-state index contributed by atoms with van der Waals surface area (Å²) in [7, 11) is 0. The lowest BCUT2D eigenvalue weighted by Gasteiger charge is -2.27. The molecular weight excluding hydrogens is 465 g/mol. The molecule has 0 amide bonds. The first kappa shape index (κ1) is 23.2. The summed E-state index contributed by atoms with van der Waals surface area (Å²) in [4.78, 5) is 32.9. The molecule has 3 N–H and O–H groups in total. The molecular formula is C19H19Cl2N5O6. The molecule has 0 spiro atoms. The maximum atomic E-state index is 12.2. The third-order valence-corrected chi connectivity index (χ3v) is 4.91. The average molecular weight is 484 g/mol. The van der Waals surface area contributed by atoms with Crippen LogP contribution >= 0.6 is 23.2 Å². The molecule has 1 heterocycles. The van der Waals surface area contributed by atoms with E-state index in [2.05, 4.69) is 15.1 Å². The largest absolute Gasteiger partial charge is 0.515 e. The number of ether oxygens (including phenoxy) is 2. The minimum Gasteiger partial charge on any atom is -0.410 e. The van der Waals surface area contributed by atoms with Gasteiger partial charge in [-0.2, -0.15) is 0 Å². The molecule has 0 saturated carbocycles. The molecule has 32 heavy (non-hydrogen) atoms. The molecule has 0 saturated heterocycles. The summed E-state index contributed by atoms with van der Waals surface area (Å²) in [6, 6.07) is 9.22. The Morgan fingerprint density at radius 3 is 2.75 bits per heavy atom. The summed E-state index contributed by atoms with van der Waals surface area (Å²) >= 11 is 12.4. The highest BCUT2D eigenvalue weighted by Crippen LogP contribution is 2.33. The molecule has 0 aliphatic carbocycles. The Kier molecular flexibility index (Phi) is 7.44. The van der Waals surface area contributed by atoms with E-state index >= 15 is 0 Å². The number of nitrogens with zero attached hydrogens (tertiary/aromatic N) is 3. The van der Waals surface area contributed by atoms with Crippen LogP contribution in [0.25, 0.3) is 0 Å². The Morgan fingerprint density at radius 1 is 1.34 bits per heavy atom. The van der Waals surface area contributed by atoms with Crippen molar-refractivity contribution in [1.82, 2.24) is 4.90 Å². The quantitative estimate of drug-likeness (QED) is 0.197. The summed E-state index contributed by atoms with van der Waals surface area (Å²) in [5.41, 5.74) is 7.03. The van der Waals surface area contributed by atoms with Gasteiger partial charge < -0.3 is 30.3 Å². The molecule has 3 rings (SSSR count). The Balaban J connectivity index is 1.60. The Hall–Kier alpha value is -3.44. The number of hydrogen-bond acceptors (Lipinski definition) is 10. The van der Waals surface area contributed by atoms with E-state index in [0.29, 0.717) is 46.0 Å². The van der Waals surface area contributed by atoms with E-state index in [1.165, 1.54) is 12.1 Å². The number of halogens is 2. The highest BCUT2D eigenvalue weighted by Gasteiger charge is 2.27. The smallest absolute Gasteiger partial charge is 0.410 e. The van der Waals surface area contributed by atoms with Crippen LogP contribution in [0.3, 0.4) is 0 Å². The van der Waals surface area contributed by atoms with Gasteiger partial charge in [-0.05, 0) is 36.8 Å². The lowest BCUT2D eigenvalue weighted by molar-refractivity contribution is -0.763. The summed E-state index contributed by atoms with van der Waals surface area (Å²) in [6.45, 7) is 2.32. The molecule has 1 aliphatic heterocycles. The van der Waals surface area contributed by atoms with Gasteiger partial charge in [0.05, 0.1) is 22.3 Å². The second-order valence-corrected chi connectivity index (χ2v) is 7.41.